The number of benzene rings is 1. The van der Waals surface area contributed by atoms with Crippen LogP contribution in [-0.4, -0.2) is 57.1 Å². The number of carbonyl (C=O) groups is 2. The van der Waals surface area contributed by atoms with Crippen LogP contribution in [0.5, 0.6) is 5.75 Å². The molecule has 4 rings (SSSR count). The summed E-state index contributed by atoms with van der Waals surface area (Å²) in [5.74, 6) is 0.823. The molecule has 2 amide bonds. The largest absolute Gasteiger partial charge is 0.494 e. The van der Waals surface area contributed by atoms with E-state index in [9.17, 15) is 9.59 Å². The number of fused-ring (bicyclic) bond motifs is 1. The third-order valence-corrected chi connectivity index (χ3v) is 6.45. The molecule has 0 bridgehead atoms. The minimum absolute atomic E-state index is 0.0236. The molecule has 3 heterocycles. The molecule has 1 aliphatic heterocycles. The van der Waals surface area contributed by atoms with Crippen molar-refractivity contribution >= 4 is 17.5 Å². The van der Waals surface area contributed by atoms with E-state index in [1.165, 1.54) is 0 Å². The number of aryl methyl sites for hydroxylation is 3. The van der Waals surface area contributed by atoms with Crippen LogP contribution in [0, 0.1) is 20.8 Å². The molecule has 1 aromatic carbocycles. The first kappa shape index (κ1) is 23.7. The van der Waals surface area contributed by atoms with Crippen LogP contribution in [0.15, 0.2) is 30.3 Å². The summed E-state index contributed by atoms with van der Waals surface area (Å²) in [4.78, 5) is 31.9. The molecule has 8 heteroatoms. The molecule has 0 saturated carbocycles. The molecule has 0 unspecified atom stereocenters. The second kappa shape index (κ2) is 10.2. The van der Waals surface area contributed by atoms with Crippen molar-refractivity contribution in [1.82, 2.24) is 24.8 Å². The summed E-state index contributed by atoms with van der Waals surface area (Å²) < 4.78 is 7.30. The second-order valence-electron chi connectivity index (χ2n) is 8.91. The van der Waals surface area contributed by atoms with Crippen molar-refractivity contribution in [2.24, 2.45) is 0 Å². The summed E-state index contributed by atoms with van der Waals surface area (Å²) in [6.45, 7) is 9.76. The highest BCUT2D eigenvalue weighted by atomic mass is 16.5. The number of amides is 2. The summed E-state index contributed by atoms with van der Waals surface area (Å²) >= 11 is 0. The highest BCUT2D eigenvalue weighted by molar-refractivity contribution is 5.94. The van der Waals surface area contributed by atoms with Crippen LogP contribution in [0.2, 0.25) is 0 Å². The summed E-state index contributed by atoms with van der Waals surface area (Å²) in [5, 5.41) is 7.66. The Hall–Kier alpha value is -3.42. The molecule has 180 valence electrons. The van der Waals surface area contributed by atoms with E-state index in [2.05, 4.69) is 15.4 Å². The van der Waals surface area contributed by atoms with Crippen LogP contribution in [0.3, 0.4) is 0 Å². The first-order valence-electron chi connectivity index (χ1n) is 12.0. The Labute approximate surface area is 200 Å². The van der Waals surface area contributed by atoms with Crippen molar-refractivity contribution in [2.45, 2.75) is 59.4 Å². The number of hydrogen-bond acceptors (Lipinski definition) is 5. The molecule has 1 aliphatic rings. The molecular formula is C26H33N5O3. The Balaban J connectivity index is 1.27. The zero-order valence-electron chi connectivity index (χ0n) is 20.4. The quantitative estimate of drug-likeness (QED) is 0.580. The average molecular weight is 464 g/mol. The second-order valence-corrected chi connectivity index (χ2v) is 8.91. The molecule has 8 nitrogen and oxygen atoms in total. The van der Waals surface area contributed by atoms with Gasteiger partial charge in [0.25, 0.3) is 5.91 Å². The maximum absolute atomic E-state index is 12.8. The molecule has 0 spiro atoms. The predicted octanol–water partition coefficient (Wildman–Crippen LogP) is 3.41. The van der Waals surface area contributed by atoms with E-state index in [1.54, 1.807) is 0 Å². The van der Waals surface area contributed by atoms with Gasteiger partial charge in [-0.2, -0.15) is 5.10 Å². The van der Waals surface area contributed by atoms with Gasteiger partial charge in [-0.25, -0.2) is 9.50 Å². The van der Waals surface area contributed by atoms with E-state index < -0.39 is 0 Å². The summed E-state index contributed by atoms with van der Waals surface area (Å²) in [6.07, 6.45) is 2.54. The van der Waals surface area contributed by atoms with Gasteiger partial charge in [0.2, 0.25) is 5.91 Å². The van der Waals surface area contributed by atoms with Crippen LogP contribution in [0.25, 0.3) is 5.65 Å². The molecule has 3 aromatic rings. The van der Waals surface area contributed by atoms with Crippen molar-refractivity contribution in [2.75, 3.05) is 19.7 Å². The van der Waals surface area contributed by atoms with Crippen molar-refractivity contribution in [3.8, 4) is 5.75 Å². The van der Waals surface area contributed by atoms with Crippen LogP contribution >= 0.6 is 0 Å². The number of ether oxygens (including phenoxy) is 1. The SMILES string of the molecule is CCOc1ccc(C(=O)N2CCC(NC(=O)CCc3c(C)nc4cc(C)nn4c3C)CC2)cc1. The van der Waals surface area contributed by atoms with E-state index in [1.807, 2.05) is 67.4 Å². The molecule has 2 aromatic heterocycles. The average Bonchev–Trinajstić information content (AvgIpc) is 3.20. The zero-order chi connectivity index (χ0) is 24.2. The number of hydrogen-bond donors (Lipinski definition) is 1. The monoisotopic (exact) mass is 463 g/mol. The molecule has 0 radical (unpaired) electrons. The molecule has 1 fully saturated rings. The Morgan fingerprint density at radius 3 is 2.50 bits per heavy atom. The third-order valence-electron chi connectivity index (χ3n) is 6.45. The Kier molecular flexibility index (Phi) is 7.14. The van der Waals surface area contributed by atoms with Gasteiger partial charge in [0, 0.05) is 48.6 Å². The van der Waals surface area contributed by atoms with Gasteiger partial charge in [-0.3, -0.25) is 9.59 Å². The van der Waals surface area contributed by atoms with Crippen molar-refractivity contribution in [1.29, 1.82) is 0 Å². The van der Waals surface area contributed by atoms with Crippen molar-refractivity contribution in [3.05, 3.63) is 58.5 Å². The van der Waals surface area contributed by atoms with Gasteiger partial charge in [0.05, 0.1) is 12.3 Å². The maximum atomic E-state index is 12.8. The van der Waals surface area contributed by atoms with E-state index in [-0.39, 0.29) is 17.9 Å². The lowest BCUT2D eigenvalue weighted by molar-refractivity contribution is -0.122. The molecule has 34 heavy (non-hydrogen) atoms. The molecule has 1 N–H and O–H groups in total. The first-order valence-corrected chi connectivity index (χ1v) is 12.0. The maximum Gasteiger partial charge on any atom is 0.253 e. The number of carbonyl (C=O) groups excluding carboxylic acids is 2. The van der Waals surface area contributed by atoms with E-state index in [0.29, 0.717) is 38.1 Å². The normalized spacial score (nSPS) is 14.4. The summed E-state index contributed by atoms with van der Waals surface area (Å²) in [7, 11) is 0. The Morgan fingerprint density at radius 2 is 1.82 bits per heavy atom. The number of piperidine rings is 1. The number of aromatic nitrogens is 3. The Morgan fingerprint density at radius 1 is 1.12 bits per heavy atom. The third kappa shape index (κ3) is 5.21. The van der Waals surface area contributed by atoms with Gasteiger partial charge in [0.1, 0.15) is 5.75 Å². The zero-order valence-corrected chi connectivity index (χ0v) is 20.4. The van der Waals surface area contributed by atoms with Gasteiger partial charge in [-0.1, -0.05) is 0 Å². The lowest BCUT2D eigenvalue weighted by Crippen LogP contribution is -2.46. The standard InChI is InChI=1S/C26H33N5O3/c1-5-34-22-8-6-20(7-9-22)26(33)30-14-12-21(13-15-30)28-25(32)11-10-23-18(3)27-24-16-17(2)29-31(24)19(23)4/h6-9,16,21H,5,10-15H2,1-4H3,(H,28,32). The molecule has 1 saturated heterocycles. The lowest BCUT2D eigenvalue weighted by Gasteiger charge is -2.32. The number of nitrogens with zero attached hydrogens (tertiary/aromatic N) is 4. The Bertz CT molecular complexity index is 1180. The van der Waals surface area contributed by atoms with Gasteiger partial charge < -0.3 is 15.0 Å². The van der Waals surface area contributed by atoms with Crippen LogP contribution in [0.4, 0.5) is 0 Å². The fourth-order valence-corrected chi connectivity index (χ4v) is 4.61. The summed E-state index contributed by atoms with van der Waals surface area (Å²) in [5.41, 5.74) is 5.48. The van der Waals surface area contributed by atoms with Crippen LogP contribution < -0.4 is 10.1 Å². The minimum atomic E-state index is 0.0236. The molecule has 0 aliphatic carbocycles. The molecule has 0 atom stereocenters. The smallest absolute Gasteiger partial charge is 0.253 e. The van der Waals surface area contributed by atoms with Crippen LogP contribution in [-0.2, 0) is 11.2 Å². The predicted molar refractivity (Wildman–Crippen MR) is 130 cm³/mol. The topological polar surface area (TPSA) is 88.8 Å². The van der Waals surface area contributed by atoms with Crippen molar-refractivity contribution in [3.63, 3.8) is 0 Å². The van der Waals surface area contributed by atoms with Crippen molar-refractivity contribution < 1.29 is 14.3 Å². The minimum Gasteiger partial charge on any atom is -0.494 e. The van der Waals surface area contributed by atoms with Gasteiger partial charge in [0.15, 0.2) is 5.65 Å². The van der Waals surface area contributed by atoms with E-state index in [0.717, 1.165) is 46.9 Å². The van der Waals surface area contributed by atoms with Crippen LogP contribution in [0.1, 0.15) is 59.2 Å². The summed E-state index contributed by atoms with van der Waals surface area (Å²) in [6, 6.07) is 9.32. The van der Waals surface area contributed by atoms with Gasteiger partial charge in [-0.15, -0.1) is 0 Å². The highest BCUT2D eigenvalue weighted by Gasteiger charge is 2.25. The fraction of sp³-hybridized carbons (Fsp3) is 0.462. The molecular weight excluding hydrogens is 430 g/mol. The number of likely N-dealkylation sites (tertiary alicyclic amines) is 1. The van der Waals surface area contributed by atoms with Gasteiger partial charge in [-0.05, 0) is 76.8 Å². The number of rotatable bonds is 7. The number of nitrogens with one attached hydrogen (secondary N) is 1. The first-order chi connectivity index (χ1) is 16.4. The van der Waals surface area contributed by atoms with E-state index >= 15 is 0 Å². The highest BCUT2D eigenvalue weighted by Crippen LogP contribution is 2.19. The fourth-order valence-electron chi connectivity index (χ4n) is 4.61. The lowest BCUT2D eigenvalue weighted by atomic mass is 10.0. The van der Waals surface area contributed by atoms with E-state index in [4.69, 9.17) is 4.74 Å². The van der Waals surface area contributed by atoms with Gasteiger partial charge >= 0.3 is 0 Å².